The average molecular weight is 348 g/mol. The van der Waals surface area contributed by atoms with Crippen LogP contribution in [0.4, 0.5) is 0 Å². The van der Waals surface area contributed by atoms with Crippen LogP contribution in [0.5, 0.6) is 0 Å². The van der Waals surface area contributed by atoms with Crippen molar-refractivity contribution in [2.24, 2.45) is 5.92 Å². The lowest BCUT2D eigenvalue weighted by Crippen LogP contribution is -2.38. The van der Waals surface area contributed by atoms with E-state index in [1.54, 1.807) is 0 Å². The second-order valence-corrected chi connectivity index (χ2v) is 7.32. The van der Waals surface area contributed by atoms with Gasteiger partial charge in [-0.05, 0) is 50.8 Å². The highest BCUT2D eigenvalue weighted by Gasteiger charge is 2.25. The van der Waals surface area contributed by atoms with Gasteiger partial charge in [-0.2, -0.15) is 5.10 Å². The molecule has 1 aliphatic rings. The third kappa shape index (κ3) is 2.87. The number of para-hydroxylation sites is 1. The van der Waals surface area contributed by atoms with E-state index in [-0.39, 0.29) is 5.91 Å². The van der Waals surface area contributed by atoms with Crippen molar-refractivity contribution in [3.63, 3.8) is 0 Å². The van der Waals surface area contributed by atoms with Crippen molar-refractivity contribution in [3.8, 4) is 5.69 Å². The predicted octanol–water partition coefficient (Wildman–Crippen LogP) is 3.91. The van der Waals surface area contributed by atoms with Crippen LogP contribution in [0.3, 0.4) is 0 Å². The largest absolute Gasteiger partial charge is 0.339 e. The van der Waals surface area contributed by atoms with E-state index in [9.17, 15) is 4.79 Å². The number of carbonyl (C=O) groups excluding carboxylic acids is 1. The van der Waals surface area contributed by atoms with Crippen LogP contribution in [0.1, 0.15) is 41.5 Å². The molecule has 0 radical (unpaired) electrons. The van der Waals surface area contributed by atoms with Crippen molar-refractivity contribution in [1.29, 1.82) is 0 Å². The molecule has 1 saturated heterocycles. The molecule has 1 aliphatic heterocycles. The molecule has 0 aliphatic carbocycles. The quantitative estimate of drug-likeness (QED) is 0.705. The minimum atomic E-state index is 0.100. The zero-order valence-corrected chi connectivity index (χ0v) is 15.6. The Balaban J connectivity index is 1.83. The molecule has 134 valence electrons. The van der Waals surface area contributed by atoms with Gasteiger partial charge in [0.1, 0.15) is 0 Å². The molecule has 0 spiro atoms. The molecule has 1 aromatic carbocycles. The Bertz CT molecular complexity index is 953. The third-order valence-corrected chi connectivity index (χ3v) is 5.24. The van der Waals surface area contributed by atoms with E-state index >= 15 is 0 Å². The van der Waals surface area contributed by atoms with Crippen LogP contribution >= 0.6 is 0 Å². The van der Waals surface area contributed by atoms with Crippen molar-refractivity contribution in [2.75, 3.05) is 13.1 Å². The second-order valence-electron chi connectivity index (χ2n) is 7.32. The molecule has 2 aromatic heterocycles. The van der Waals surface area contributed by atoms with Crippen molar-refractivity contribution < 1.29 is 4.79 Å². The van der Waals surface area contributed by atoms with Gasteiger partial charge >= 0.3 is 0 Å². The number of aryl methyl sites for hydroxylation is 2. The fraction of sp³-hybridized carbons (Fsp3) is 0.381. The minimum Gasteiger partial charge on any atom is -0.339 e. The standard InChI is InChI=1S/C21H24N4O/c1-14-9-11-24(12-10-14)21(26)18-13-15(2)22-20-19(18)16(3)23-25(20)17-7-5-4-6-8-17/h4-8,13-14H,9-12H2,1-3H3. The normalized spacial score (nSPS) is 15.6. The van der Waals surface area contributed by atoms with Gasteiger partial charge < -0.3 is 4.90 Å². The fourth-order valence-corrected chi connectivity index (χ4v) is 3.71. The number of fused-ring (bicyclic) bond motifs is 1. The highest BCUT2D eigenvalue weighted by atomic mass is 16.2. The Morgan fingerprint density at radius 3 is 2.50 bits per heavy atom. The Labute approximate surface area is 153 Å². The highest BCUT2D eigenvalue weighted by Crippen LogP contribution is 2.27. The van der Waals surface area contributed by atoms with Crippen LogP contribution in [-0.2, 0) is 0 Å². The Morgan fingerprint density at radius 2 is 1.81 bits per heavy atom. The summed E-state index contributed by atoms with van der Waals surface area (Å²) in [7, 11) is 0. The molecule has 0 atom stereocenters. The van der Waals surface area contributed by atoms with Crippen molar-refractivity contribution in [2.45, 2.75) is 33.6 Å². The third-order valence-electron chi connectivity index (χ3n) is 5.24. The van der Waals surface area contributed by atoms with Gasteiger partial charge in [-0.25, -0.2) is 9.67 Å². The van der Waals surface area contributed by atoms with Crippen LogP contribution in [0.25, 0.3) is 16.7 Å². The summed E-state index contributed by atoms with van der Waals surface area (Å²) in [6, 6.07) is 11.9. The lowest BCUT2D eigenvalue weighted by Gasteiger charge is -2.30. The molecule has 4 rings (SSSR count). The van der Waals surface area contributed by atoms with Crippen molar-refractivity contribution >= 4 is 16.9 Å². The summed E-state index contributed by atoms with van der Waals surface area (Å²) in [5.74, 6) is 0.795. The van der Waals surface area contributed by atoms with E-state index in [0.717, 1.165) is 59.6 Å². The summed E-state index contributed by atoms with van der Waals surface area (Å²) in [4.78, 5) is 19.9. The van der Waals surface area contributed by atoms with Gasteiger partial charge in [-0.3, -0.25) is 4.79 Å². The van der Waals surface area contributed by atoms with Crippen LogP contribution < -0.4 is 0 Å². The first-order chi connectivity index (χ1) is 12.5. The molecule has 3 aromatic rings. The maximum absolute atomic E-state index is 13.2. The first-order valence-corrected chi connectivity index (χ1v) is 9.26. The fourth-order valence-electron chi connectivity index (χ4n) is 3.71. The number of benzene rings is 1. The number of amides is 1. The molecule has 0 bridgehead atoms. The molecule has 0 saturated carbocycles. The first kappa shape index (κ1) is 16.8. The molecular weight excluding hydrogens is 324 g/mol. The SMILES string of the molecule is Cc1cc(C(=O)N2CCC(C)CC2)c2c(C)nn(-c3ccccc3)c2n1. The van der Waals surface area contributed by atoms with Gasteiger partial charge in [0.15, 0.2) is 5.65 Å². The number of likely N-dealkylation sites (tertiary alicyclic amines) is 1. The number of hydrogen-bond donors (Lipinski definition) is 0. The Morgan fingerprint density at radius 1 is 1.12 bits per heavy atom. The van der Waals surface area contributed by atoms with E-state index in [1.165, 1.54) is 0 Å². The Hall–Kier alpha value is -2.69. The molecule has 3 heterocycles. The van der Waals surface area contributed by atoms with Crippen molar-refractivity contribution in [3.05, 3.63) is 53.3 Å². The van der Waals surface area contributed by atoms with E-state index in [1.807, 2.05) is 59.8 Å². The maximum Gasteiger partial charge on any atom is 0.254 e. The zero-order valence-electron chi connectivity index (χ0n) is 15.6. The molecular formula is C21H24N4O. The number of pyridine rings is 1. The van der Waals surface area contributed by atoms with Gasteiger partial charge in [0, 0.05) is 18.8 Å². The number of aromatic nitrogens is 3. The van der Waals surface area contributed by atoms with Crippen LogP contribution in [0, 0.1) is 19.8 Å². The zero-order chi connectivity index (χ0) is 18.3. The van der Waals surface area contributed by atoms with Crippen LogP contribution in [0.15, 0.2) is 36.4 Å². The van der Waals surface area contributed by atoms with Gasteiger partial charge in [-0.1, -0.05) is 25.1 Å². The number of rotatable bonds is 2. The van der Waals surface area contributed by atoms with Gasteiger partial charge in [0.25, 0.3) is 5.91 Å². The van der Waals surface area contributed by atoms with E-state index < -0.39 is 0 Å². The Kier molecular flexibility index (Phi) is 4.23. The molecule has 26 heavy (non-hydrogen) atoms. The van der Waals surface area contributed by atoms with Gasteiger partial charge in [0.2, 0.25) is 0 Å². The topological polar surface area (TPSA) is 51.0 Å². The predicted molar refractivity (Wildman–Crippen MR) is 103 cm³/mol. The highest BCUT2D eigenvalue weighted by molar-refractivity contribution is 6.06. The van der Waals surface area contributed by atoms with E-state index in [4.69, 9.17) is 4.98 Å². The number of nitrogens with zero attached hydrogens (tertiary/aromatic N) is 4. The summed E-state index contributed by atoms with van der Waals surface area (Å²) in [5, 5.41) is 5.55. The maximum atomic E-state index is 13.2. The second kappa shape index (κ2) is 6.56. The average Bonchev–Trinajstić information content (AvgIpc) is 2.98. The first-order valence-electron chi connectivity index (χ1n) is 9.26. The van der Waals surface area contributed by atoms with Gasteiger partial charge in [-0.15, -0.1) is 0 Å². The molecule has 5 nitrogen and oxygen atoms in total. The molecule has 5 heteroatoms. The smallest absolute Gasteiger partial charge is 0.254 e. The number of carbonyl (C=O) groups is 1. The lowest BCUT2D eigenvalue weighted by molar-refractivity contribution is 0.0699. The number of piperidine rings is 1. The summed E-state index contributed by atoms with van der Waals surface area (Å²) in [6.07, 6.45) is 2.14. The van der Waals surface area contributed by atoms with E-state index in [0.29, 0.717) is 5.92 Å². The molecule has 0 unspecified atom stereocenters. The summed E-state index contributed by atoms with van der Waals surface area (Å²) in [6.45, 7) is 7.80. The lowest BCUT2D eigenvalue weighted by atomic mass is 9.98. The van der Waals surface area contributed by atoms with Crippen LogP contribution in [0.2, 0.25) is 0 Å². The van der Waals surface area contributed by atoms with Gasteiger partial charge in [0.05, 0.1) is 22.3 Å². The molecule has 1 fully saturated rings. The number of hydrogen-bond acceptors (Lipinski definition) is 3. The summed E-state index contributed by atoms with van der Waals surface area (Å²) < 4.78 is 1.84. The van der Waals surface area contributed by atoms with E-state index in [2.05, 4.69) is 12.0 Å². The summed E-state index contributed by atoms with van der Waals surface area (Å²) in [5.41, 5.74) is 4.10. The minimum absolute atomic E-state index is 0.100. The monoisotopic (exact) mass is 348 g/mol. The molecule has 0 N–H and O–H groups in total. The van der Waals surface area contributed by atoms with Crippen LogP contribution in [-0.4, -0.2) is 38.7 Å². The van der Waals surface area contributed by atoms with Crippen molar-refractivity contribution in [1.82, 2.24) is 19.7 Å². The summed E-state index contributed by atoms with van der Waals surface area (Å²) >= 11 is 0. The molecule has 1 amide bonds.